The fraction of sp³-hybridized carbons (Fsp3) is 0.571. The van der Waals surface area contributed by atoms with Gasteiger partial charge in [0, 0.05) is 6.04 Å². The molecule has 108 valence electrons. The Morgan fingerprint density at radius 2 is 1.68 bits per heavy atom. The molecule has 0 aliphatic carbocycles. The van der Waals surface area contributed by atoms with Crippen LogP contribution in [0.25, 0.3) is 0 Å². The highest BCUT2D eigenvalue weighted by molar-refractivity contribution is 7.88. The van der Waals surface area contributed by atoms with Gasteiger partial charge in [0.2, 0.25) is 10.0 Å². The van der Waals surface area contributed by atoms with Gasteiger partial charge in [-0.25, -0.2) is 13.1 Å². The average Bonchev–Trinajstić information content (AvgIpc) is 2.37. The van der Waals surface area contributed by atoms with Crippen LogP contribution < -0.4 is 4.72 Å². The standard InChI is InChI=1S/C14H23NO3S/c1-4-11(2)12(3)15-19(17,18)10-14-7-5-13(9-16)6-8-14/h5-8,11-12,15-16H,4,9-10H2,1-3H3. The summed E-state index contributed by atoms with van der Waals surface area (Å²) in [4.78, 5) is 0. The summed E-state index contributed by atoms with van der Waals surface area (Å²) in [5.74, 6) is 0.283. The van der Waals surface area contributed by atoms with Gasteiger partial charge in [0.05, 0.1) is 12.4 Å². The summed E-state index contributed by atoms with van der Waals surface area (Å²) in [5.41, 5.74) is 1.50. The van der Waals surface area contributed by atoms with Gasteiger partial charge < -0.3 is 5.11 Å². The van der Waals surface area contributed by atoms with E-state index in [1.165, 1.54) is 0 Å². The van der Waals surface area contributed by atoms with E-state index in [9.17, 15) is 8.42 Å². The SMILES string of the molecule is CCC(C)C(C)NS(=O)(=O)Cc1ccc(CO)cc1. The lowest BCUT2D eigenvalue weighted by atomic mass is 10.0. The maximum absolute atomic E-state index is 12.0. The molecule has 0 aromatic heterocycles. The van der Waals surface area contributed by atoms with Gasteiger partial charge in [0.25, 0.3) is 0 Å². The minimum absolute atomic E-state index is 0.0283. The molecule has 0 radical (unpaired) electrons. The largest absolute Gasteiger partial charge is 0.392 e. The highest BCUT2D eigenvalue weighted by Crippen LogP contribution is 2.11. The summed E-state index contributed by atoms with van der Waals surface area (Å²) < 4.78 is 26.8. The predicted octanol–water partition coefficient (Wildman–Crippen LogP) is 2.03. The van der Waals surface area contributed by atoms with Crippen molar-refractivity contribution in [3.8, 4) is 0 Å². The number of aliphatic hydroxyl groups excluding tert-OH is 1. The van der Waals surface area contributed by atoms with Crippen LogP contribution in [0.15, 0.2) is 24.3 Å². The molecule has 0 aliphatic rings. The molecule has 2 unspecified atom stereocenters. The second-order valence-corrected chi connectivity index (χ2v) is 6.78. The Bertz CT molecular complexity index is 482. The molecule has 2 atom stereocenters. The lowest BCUT2D eigenvalue weighted by Crippen LogP contribution is -2.37. The first kappa shape index (κ1) is 16.1. The Labute approximate surface area is 115 Å². The quantitative estimate of drug-likeness (QED) is 0.805. The first-order valence-electron chi connectivity index (χ1n) is 6.56. The first-order valence-corrected chi connectivity index (χ1v) is 8.22. The van der Waals surface area contributed by atoms with Gasteiger partial charge in [-0.1, -0.05) is 44.5 Å². The summed E-state index contributed by atoms with van der Waals surface area (Å²) >= 11 is 0. The zero-order valence-electron chi connectivity index (χ0n) is 11.8. The maximum Gasteiger partial charge on any atom is 0.216 e. The molecular weight excluding hydrogens is 262 g/mol. The molecule has 2 N–H and O–H groups in total. The van der Waals surface area contributed by atoms with Gasteiger partial charge in [0.15, 0.2) is 0 Å². The van der Waals surface area contributed by atoms with Crippen molar-refractivity contribution in [2.45, 2.75) is 45.6 Å². The Balaban J connectivity index is 2.68. The number of sulfonamides is 1. The van der Waals surface area contributed by atoms with E-state index in [-0.39, 0.29) is 18.4 Å². The predicted molar refractivity (Wildman–Crippen MR) is 77.0 cm³/mol. The highest BCUT2D eigenvalue weighted by Gasteiger charge is 2.18. The third-order valence-corrected chi connectivity index (χ3v) is 4.87. The molecule has 1 aromatic carbocycles. The van der Waals surface area contributed by atoms with E-state index in [1.54, 1.807) is 24.3 Å². The number of benzene rings is 1. The molecule has 0 fully saturated rings. The van der Waals surface area contributed by atoms with Crippen LogP contribution in [-0.4, -0.2) is 19.6 Å². The third kappa shape index (κ3) is 5.30. The number of hydrogen-bond acceptors (Lipinski definition) is 3. The van der Waals surface area contributed by atoms with E-state index in [1.807, 2.05) is 20.8 Å². The van der Waals surface area contributed by atoms with E-state index in [4.69, 9.17) is 5.11 Å². The molecule has 0 bridgehead atoms. The Hall–Kier alpha value is -0.910. The van der Waals surface area contributed by atoms with Crippen molar-refractivity contribution in [1.29, 1.82) is 0 Å². The Kier molecular flexibility index (Phi) is 5.97. The van der Waals surface area contributed by atoms with Crippen molar-refractivity contribution in [3.63, 3.8) is 0 Å². The zero-order valence-corrected chi connectivity index (χ0v) is 12.6. The molecule has 1 aromatic rings. The summed E-state index contributed by atoms with van der Waals surface area (Å²) in [5, 5.41) is 8.94. The molecule has 5 heteroatoms. The number of aliphatic hydroxyl groups is 1. The van der Waals surface area contributed by atoms with Gasteiger partial charge in [0.1, 0.15) is 0 Å². The second kappa shape index (κ2) is 7.03. The normalized spacial score (nSPS) is 15.2. The minimum atomic E-state index is -3.32. The van der Waals surface area contributed by atoms with Crippen LogP contribution in [0.1, 0.15) is 38.3 Å². The Morgan fingerprint density at radius 1 is 1.16 bits per heavy atom. The summed E-state index contributed by atoms with van der Waals surface area (Å²) in [6.07, 6.45) is 0.939. The van der Waals surface area contributed by atoms with E-state index in [0.29, 0.717) is 5.92 Å². The van der Waals surface area contributed by atoms with Crippen LogP contribution in [0.4, 0.5) is 0 Å². The lowest BCUT2D eigenvalue weighted by Gasteiger charge is -2.19. The topological polar surface area (TPSA) is 66.4 Å². The number of rotatable bonds is 7. The molecule has 0 aliphatic heterocycles. The Morgan fingerprint density at radius 3 is 2.16 bits per heavy atom. The van der Waals surface area contributed by atoms with Crippen LogP contribution in [-0.2, 0) is 22.4 Å². The van der Waals surface area contributed by atoms with Crippen molar-refractivity contribution in [2.75, 3.05) is 0 Å². The fourth-order valence-corrected chi connectivity index (χ4v) is 3.27. The van der Waals surface area contributed by atoms with Crippen LogP contribution in [0.3, 0.4) is 0 Å². The van der Waals surface area contributed by atoms with Crippen molar-refractivity contribution >= 4 is 10.0 Å². The van der Waals surface area contributed by atoms with Gasteiger partial charge in [-0.05, 0) is 24.0 Å². The monoisotopic (exact) mass is 285 g/mol. The van der Waals surface area contributed by atoms with Crippen LogP contribution in [0, 0.1) is 5.92 Å². The lowest BCUT2D eigenvalue weighted by molar-refractivity contribution is 0.282. The van der Waals surface area contributed by atoms with E-state index < -0.39 is 10.0 Å². The molecule has 1 rings (SSSR count). The van der Waals surface area contributed by atoms with Crippen LogP contribution in [0.2, 0.25) is 0 Å². The average molecular weight is 285 g/mol. The van der Waals surface area contributed by atoms with Gasteiger partial charge >= 0.3 is 0 Å². The fourth-order valence-electron chi connectivity index (χ4n) is 1.75. The third-order valence-electron chi connectivity index (χ3n) is 3.43. The molecule has 0 spiro atoms. The van der Waals surface area contributed by atoms with E-state index >= 15 is 0 Å². The molecule has 0 saturated heterocycles. The molecule has 0 saturated carbocycles. The van der Waals surface area contributed by atoms with Crippen molar-refractivity contribution in [1.82, 2.24) is 4.72 Å². The second-order valence-electron chi connectivity index (χ2n) is 5.03. The number of nitrogens with one attached hydrogen (secondary N) is 1. The molecule has 4 nitrogen and oxygen atoms in total. The molecule has 0 amide bonds. The zero-order chi connectivity index (χ0) is 14.5. The number of hydrogen-bond donors (Lipinski definition) is 2. The van der Waals surface area contributed by atoms with Gasteiger partial charge in [-0.15, -0.1) is 0 Å². The maximum atomic E-state index is 12.0. The van der Waals surface area contributed by atoms with Crippen LogP contribution >= 0.6 is 0 Å². The summed E-state index contributed by atoms with van der Waals surface area (Å²) in [6, 6.07) is 6.88. The van der Waals surface area contributed by atoms with Crippen molar-refractivity contribution in [3.05, 3.63) is 35.4 Å². The summed E-state index contributed by atoms with van der Waals surface area (Å²) in [7, 11) is -3.32. The smallest absolute Gasteiger partial charge is 0.216 e. The molecule has 0 heterocycles. The van der Waals surface area contributed by atoms with Gasteiger partial charge in [-0.2, -0.15) is 0 Å². The van der Waals surface area contributed by atoms with Crippen molar-refractivity contribution in [2.24, 2.45) is 5.92 Å². The van der Waals surface area contributed by atoms with E-state index in [0.717, 1.165) is 17.5 Å². The first-order chi connectivity index (χ1) is 8.88. The highest BCUT2D eigenvalue weighted by atomic mass is 32.2. The minimum Gasteiger partial charge on any atom is -0.392 e. The van der Waals surface area contributed by atoms with Crippen LogP contribution in [0.5, 0.6) is 0 Å². The molecule has 19 heavy (non-hydrogen) atoms. The summed E-state index contributed by atoms with van der Waals surface area (Å²) in [6.45, 7) is 5.93. The van der Waals surface area contributed by atoms with Crippen molar-refractivity contribution < 1.29 is 13.5 Å². The van der Waals surface area contributed by atoms with E-state index in [2.05, 4.69) is 4.72 Å². The molecular formula is C14H23NO3S. The van der Waals surface area contributed by atoms with Gasteiger partial charge in [-0.3, -0.25) is 0 Å².